The molecule has 0 aromatic rings. The van der Waals surface area contributed by atoms with Gasteiger partial charge in [0.25, 0.3) is 0 Å². The predicted octanol–water partition coefficient (Wildman–Crippen LogP) is 3.53. The van der Waals surface area contributed by atoms with E-state index in [1.807, 2.05) is 0 Å². The van der Waals surface area contributed by atoms with Gasteiger partial charge in [0.15, 0.2) is 0 Å². The van der Waals surface area contributed by atoms with Crippen LogP contribution >= 0.6 is 0 Å². The summed E-state index contributed by atoms with van der Waals surface area (Å²) < 4.78 is 0. The van der Waals surface area contributed by atoms with E-state index in [1.165, 1.54) is 6.42 Å². The maximum atomic E-state index is 8.42. The molecule has 0 bridgehead atoms. The molecule has 0 saturated heterocycles. The lowest BCUT2D eigenvalue weighted by Gasteiger charge is -2.03. The summed E-state index contributed by atoms with van der Waals surface area (Å²) in [5.74, 6) is 1.19. The molecule has 0 saturated carbocycles. The summed E-state index contributed by atoms with van der Waals surface area (Å²) >= 11 is 0. The first-order valence-electron chi connectivity index (χ1n) is 4.74. The summed E-state index contributed by atoms with van der Waals surface area (Å²) in [5.41, 5.74) is 0. The van der Waals surface area contributed by atoms with Gasteiger partial charge in [-0.05, 0) is 18.3 Å². The van der Waals surface area contributed by atoms with Crippen LogP contribution < -0.4 is 0 Å². The molecule has 0 aliphatic heterocycles. The number of rotatable bonds is 5. The summed E-state index contributed by atoms with van der Waals surface area (Å²) in [5, 5.41) is 8.42. The van der Waals surface area contributed by atoms with Crippen LogP contribution in [0.1, 0.15) is 40.0 Å². The van der Waals surface area contributed by atoms with Gasteiger partial charge in [-0.1, -0.05) is 39.3 Å². The second kappa shape index (κ2) is 6.91. The number of nitrogens with zero attached hydrogens (tertiary/aromatic N) is 1. The molecule has 0 rings (SSSR count). The number of hydrogen-bond donors (Lipinski definition) is 0. The Labute approximate surface area is 76.1 Å². The quantitative estimate of drug-likeness (QED) is 0.572. The van der Waals surface area contributed by atoms with Crippen LogP contribution in [0.15, 0.2) is 12.2 Å². The highest BCUT2D eigenvalue weighted by atomic mass is 14.2. The standard InChI is InChI=1S/C11H19N/c1-4-10(2)6-5-7-11(3)8-9-12/h5-6,10-11H,4,7-8H2,1-3H3/t10-,11-/m1/s1. The molecule has 0 unspecified atom stereocenters. The molecule has 0 amide bonds. The smallest absolute Gasteiger partial charge is 0.0624 e. The molecule has 0 aliphatic rings. The molecule has 0 spiro atoms. The van der Waals surface area contributed by atoms with E-state index >= 15 is 0 Å². The van der Waals surface area contributed by atoms with Gasteiger partial charge in [-0.15, -0.1) is 0 Å². The van der Waals surface area contributed by atoms with Gasteiger partial charge in [-0.3, -0.25) is 0 Å². The van der Waals surface area contributed by atoms with Crippen molar-refractivity contribution in [2.45, 2.75) is 40.0 Å². The zero-order valence-electron chi connectivity index (χ0n) is 8.38. The van der Waals surface area contributed by atoms with Crippen molar-refractivity contribution in [1.82, 2.24) is 0 Å². The molecule has 0 radical (unpaired) electrons. The number of nitriles is 1. The fourth-order valence-corrected chi connectivity index (χ4v) is 0.918. The molecule has 0 aromatic carbocycles. The third-order valence-electron chi connectivity index (χ3n) is 2.09. The fraction of sp³-hybridized carbons (Fsp3) is 0.727. The molecular formula is C11H19N. The van der Waals surface area contributed by atoms with Crippen LogP contribution in [-0.4, -0.2) is 0 Å². The third-order valence-corrected chi connectivity index (χ3v) is 2.09. The Hall–Kier alpha value is -0.770. The van der Waals surface area contributed by atoms with E-state index in [1.54, 1.807) is 0 Å². The zero-order valence-corrected chi connectivity index (χ0v) is 8.38. The average Bonchev–Trinajstić information content (AvgIpc) is 2.04. The lowest BCUT2D eigenvalue weighted by Crippen LogP contribution is -1.91. The maximum absolute atomic E-state index is 8.42. The minimum Gasteiger partial charge on any atom is -0.198 e. The molecule has 1 nitrogen and oxygen atoms in total. The van der Waals surface area contributed by atoms with Crippen molar-refractivity contribution in [3.63, 3.8) is 0 Å². The summed E-state index contributed by atoms with van der Waals surface area (Å²) in [6.45, 7) is 6.52. The van der Waals surface area contributed by atoms with Gasteiger partial charge in [0, 0.05) is 6.42 Å². The summed E-state index contributed by atoms with van der Waals surface area (Å²) in [6.07, 6.45) is 7.36. The highest BCUT2D eigenvalue weighted by molar-refractivity contribution is 4.88. The van der Waals surface area contributed by atoms with Gasteiger partial charge in [0.2, 0.25) is 0 Å². The van der Waals surface area contributed by atoms with E-state index in [4.69, 9.17) is 5.26 Å². The molecular weight excluding hydrogens is 146 g/mol. The van der Waals surface area contributed by atoms with Gasteiger partial charge in [0.05, 0.1) is 6.07 Å². The second-order valence-electron chi connectivity index (χ2n) is 3.52. The Morgan fingerprint density at radius 2 is 2.08 bits per heavy atom. The molecule has 0 heterocycles. The van der Waals surface area contributed by atoms with Crippen molar-refractivity contribution in [3.8, 4) is 6.07 Å². The first-order chi connectivity index (χ1) is 5.70. The number of hydrogen-bond acceptors (Lipinski definition) is 1. The van der Waals surface area contributed by atoms with Crippen LogP contribution in [-0.2, 0) is 0 Å². The largest absolute Gasteiger partial charge is 0.198 e. The topological polar surface area (TPSA) is 23.8 Å². The van der Waals surface area contributed by atoms with Crippen LogP contribution in [0.5, 0.6) is 0 Å². The van der Waals surface area contributed by atoms with Crippen LogP contribution in [0, 0.1) is 23.2 Å². The van der Waals surface area contributed by atoms with Crippen molar-refractivity contribution >= 4 is 0 Å². The van der Waals surface area contributed by atoms with Crippen molar-refractivity contribution in [1.29, 1.82) is 5.26 Å². The molecule has 0 fully saturated rings. The minimum atomic E-state index is 0.510. The molecule has 12 heavy (non-hydrogen) atoms. The first-order valence-corrected chi connectivity index (χ1v) is 4.74. The summed E-state index contributed by atoms with van der Waals surface area (Å²) in [7, 11) is 0. The molecule has 0 aromatic heterocycles. The molecule has 0 aliphatic carbocycles. The van der Waals surface area contributed by atoms with Gasteiger partial charge in [0.1, 0.15) is 0 Å². The summed E-state index contributed by atoms with van der Waals surface area (Å²) in [6, 6.07) is 2.19. The average molecular weight is 165 g/mol. The van der Waals surface area contributed by atoms with Crippen LogP contribution in [0.2, 0.25) is 0 Å². The Kier molecular flexibility index (Phi) is 6.47. The first kappa shape index (κ1) is 11.2. The third kappa shape index (κ3) is 5.97. The predicted molar refractivity (Wildman–Crippen MR) is 52.6 cm³/mol. The fourth-order valence-electron chi connectivity index (χ4n) is 0.918. The summed E-state index contributed by atoms with van der Waals surface area (Å²) in [4.78, 5) is 0. The Balaban J connectivity index is 3.53. The lowest BCUT2D eigenvalue weighted by atomic mass is 10.0. The minimum absolute atomic E-state index is 0.510. The van der Waals surface area contributed by atoms with Crippen molar-refractivity contribution in [2.24, 2.45) is 11.8 Å². The Morgan fingerprint density at radius 3 is 2.58 bits per heavy atom. The van der Waals surface area contributed by atoms with E-state index in [-0.39, 0.29) is 0 Å². The monoisotopic (exact) mass is 165 g/mol. The second-order valence-corrected chi connectivity index (χ2v) is 3.52. The van der Waals surface area contributed by atoms with E-state index in [2.05, 4.69) is 39.0 Å². The van der Waals surface area contributed by atoms with Crippen LogP contribution in [0.4, 0.5) is 0 Å². The lowest BCUT2D eigenvalue weighted by molar-refractivity contribution is 0.603. The van der Waals surface area contributed by atoms with Crippen molar-refractivity contribution in [2.75, 3.05) is 0 Å². The SMILES string of the molecule is CC[C@@H](C)C=CC[C@@H](C)CC#N. The number of allylic oxidation sites excluding steroid dienone is 2. The van der Waals surface area contributed by atoms with Gasteiger partial charge < -0.3 is 0 Å². The molecule has 2 atom stereocenters. The molecule has 0 N–H and O–H groups in total. The normalized spacial score (nSPS) is 15.8. The molecule has 1 heteroatoms. The van der Waals surface area contributed by atoms with E-state index in [9.17, 15) is 0 Å². The van der Waals surface area contributed by atoms with Crippen molar-refractivity contribution in [3.05, 3.63) is 12.2 Å². The highest BCUT2D eigenvalue weighted by Crippen LogP contribution is 2.09. The van der Waals surface area contributed by atoms with Crippen LogP contribution in [0.3, 0.4) is 0 Å². The molecule has 68 valence electrons. The Morgan fingerprint density at radius 1 is 1.42 bits per heavy atom. The van der Waals surface area contributed by atoms with E-state index in [0.29, 0.717) is 18.3 Å². The van der Waals surface area contributed by atoms with Gasteiger partial charge in [-0.25, -0.2) is 0 Å². The zero-order chi connectivity index (χ0) is 9.40. The van der Waals surface area contributed by atoms with Gasteiger partial charge >= 0.3 is 0 Å². The van der Waals surface area contributed by atoms with Crippen molar-refractivity contribution < 1.29 is 0 Å². The van der Waals surface area contributed by atoms with E-state index in [0.717, 1.165) is 6.42 Å². The highest BCUT2D eigenvalue weighted by Gasteiger charge is 1.97. The Bertz CT molecular complexity index is 164. The van der Waals surface area contributed by atoms with Gasteiger partial charge in [-0.2, -0.15) is 5.26 Å². The maximum Gasteiger partial charge on any atom is 0.0624 e. The van der Waals surface area contributed by atoms with E-state index < -0.39 is 0 Å². The van der Waals surface area contributed by atoms with Crippen LogP contribution in [0.25, 0.3) is 0 Å².